The van der Waals surface area contributed by atoms with E-state index >= 15 is 0 Å². The van der Waals surface area contributed by atoms with Crippen LogP contribution in [-0.2, 0) is 4.79 Å². The second-order valence-electron chi connectivity index (χ2n) is 5.34. The molecule has 0 saturated heterocycles. The number of hydrogen-bond donors (Lipinski definition) is 0. The van der Waals surface area contributed by atoms with E-state index in [0.29, 0.717) is 29.9 Å². The van der Waals surface area contributed by atoms with Crippen molar-refractivity contribution in [2.24, 2.45) is 11.8 Å². The lowest BCUT2D eigenvalue weighted by molar-refractivity contribution is -0.125. The third-order valence-electron chi connectivity index (χ3n) is 3.93. The fraction of sp³-hybridized carbons (Fsp3) is 0.500. The van der Waals surface area contributed by atoms with Crippen molar-refractivity contribution in [1.29, 1.82) is 0 Å². The van der Waals surface area contributed by atoms with Crippen LogP contribution in [0.25, 0.3) is 0 Å². The summed E-state index contributed by atoms with van der Waals surface area (Å²) in [5.74, 6) is 1.34. The lowest BCUT2D eigenvalue weighted by Gasteiger charge is -2.24. The van der Waals surface area contributed by atoms with Gasteiger partial charge in [0, 0.05) is 18.8 Å². The van der Waals surface area contributed by atoms with Gasteiger partial charge in [0.1, 0.15) is 11.5 Å². The van der Waals surface area contributed by atoms with Crippen molar-refractivity contribution >= 4 is 11.6 Å². The molecule has 1 aromatic rings. The first-order chi connectivity index (χ1) is 9.11. The number of hydrogen-bond acceptors (Lipinski definition) is 3. The average molecular weight is 260 g/mol. The Morgan fingerprint density at radius 2 is 2.05 bits per heavy atom. The Morgan fingerprint density at radius 3 is 2.74 bits per heavy atom. The Bertz CT molecular complexity index is 479. The van der Waals surface area contributed by atoms with E-state index < -0.39 is 0 Å². The first kappa shape index (κ1) is 13.8. The molecule has 1 saturated carbocycles. The Labute approximate surface area is 114 Å². The quantitative estimate of drug-likeness (QED) is 0.780. The normalized spacial score (nSPS) is 23.2. The maximum absolute atomic E-state index is 12.3. The fourth-order valence-corrected chi connectivity index (χ4v) is 2.66. The van der Waals surface area contributed by atoms with Crippen LogP contribution in [0.3, 0.4) is 0 Å². The van der Waals surface area contributed by atoms with E-state index in [1.165, 1.54) is 0 Å². The van der Waals surface area contributed by atoms with Gasteiger partial charge in [-0.1, -0.05) is 19.1 Å². The largest absolute Gasteiger partial charge is 0.496 e. The predicted octanol–water partition coefficient (Wildman–Crippen LogP) is 3.27. The molecule has 102 valence electrons. The van der Waals surface area contributed by atoms with Gasteiger partial charge in [0.15, 0.2) is 5.78 Å². The maximum atomic E-state index is 12.3. The fourth-order valence-electron chi connectivity index (χ4n) is 2.66. The predicted molar refractivity (Wildman–Crippen MR) is 73.5 cm³/mol. The number of Topliss-reactive ketones (excluding diaryl/α,β-unsaturated/α-hetero) is 2. The molecule has 0 aliphatic heterocycles. The molecule has 19 heavy (non-hydrogen) atoms. The minimum Gasteiger partial charge on any atom is -0.496 e. The summed E-state index contributed by atoms with van der Waals surface area (Å²) >= 11 is 0. The van der Waals surface area contributed by atoms with Crippen LogP contribution < -0.4 is 4.74 Å². The Kier molecular flexibility index (Phi) is 4.35. The topological polar surface area (TPSA) is 43.4 Å². The van der Waals surface area contributed by atoms with Gasteiger partial charge in [-0.3, -0.25) is 9.59 Å². The van der Waals surface area contributed by atoms with Crippen molar-refractivity contribution < 1.29 is 14.3 Å². The zero-order valence-electron chi connectivity index (χ0n) is 11.5. The van der Waals surface area contributed by atoms with Crippen LogP contribution in [0.1, 0.15) is 43.0 Å². The highest BCUT2D eigenvalue weighted by Crippen LogP contribution is 2.30. The first-order valence-corrected chi connectivity index (χ1v) is 6.80. The van der Waals surface area contributed by atoms with Gasteiger partial charge < -0.3 is 4.74 Å². The number of methoxy groups -OCH3 is 1. The summed E-state index contributed by atoms with van der Waals surface area (Å²) in [7, 11) is 1.57. The minimum atomic E-state index is 0.0739. The number of ketones is 2. The van der Waals surface area contributed by atoms with E-state index in [1.807, 2.05) is 19.1 Å². The van der Waals surface area contributed by atoms with Crippen LogP contribution in [0.4, 0.5) is 0 Å². The van der Waals surface area contributed by atoms with Gasteiger partial charge in [-0.2, -0.15) is 0 Å². The molecule has 1 aromatic carbocycles. The zero-order valence-corrected chi connectivity index (χ0v) is 11.5. The molecule has 0 heterocycles. The average Bonchev–Trinajstić information content (AvgIpc) is 2.43. The van der Waals surface area contributed by atoms with E-state index in [-0.39, 0.29) is 17.6 Å². The lowest BCUT2D eigenvalue weighted by Crippen LogP contribution is -2.24. The van der Waals surface area contributed by atoms with E-state index in [1.54, 1.807) is 19.2 Å². The number of ether oxygens (including phenoxy) is 1. The highest BCUT2D eigenvalue weighted by Gasteiger charge is 2.27. The van der Waals surface area contributed by atoms with E-state index in [9.17, 15) is 9.59 Å². The summed E-state index contributed by atoms with van der Waals surface area (Å²) in [6.07, 6.45) is 2.86. The smallest absolute Gasteiger partial charge is 0.166 e. The molecule has 0 aromatic heterocycles. The standard InChI is InChI=1S/C16H20O3/c1-11-7-8-12(9-14(11)17)10-15(18)13-5-3-4-6-16(13)19-2/h3-6,11-12H,7-10H2,1-2H3. The number of carbonyl (C=O) groups excluding carboxylic acids is 2. The molecule has 1 aliphatic rings. The molecule has 0 N–H and O–H groups in total. The van der Waals surface area contributed by atoms with Crippen molar-refractivity contribution in [2.45, 2.75) is 32.6 Å². The Hall–Kier alpha value is -1.64. The molecule has 0 amide bonds. The summed E-state index contributed by atoms with van der Waals surface area (Å²) in [6, 6.07) is 7.26. The van der Waals surface area contributed by atoms with Gasteiger partial charge in [0.2, 0.25) is 0 Å². The highest BCUT2D eigenvalue weighted by molar-refractivity contribution is 5.99. The minimum absolute atomic E-state index is 0.0739. The first-order valence-electron chi connectivity index (χ1n) is 6.80. The molecule has 3 heteroatoms. The van der Waals surface area contributed by atoms with Crippen LogP contribution in [-0.4, -0.2) is 18.7 Å². The molecule has 0 bridgehead atoms. The van der Waals surface area contributed by atoms with Crippen molar-refractivity contribution in [3.05, 3.63) is 29.8 Å². The molecule has 3 nitrogen and oxygen atoms in total. The van der Waals surface area contributed by atoms with Crippen LogP contribution >= 0.6 is 0 Å². The van der Waals surface area contributed by atoms with Crippen molar-refractivity contribution in [1.82, 2.24) is 0 Å². The summed E-state index contributed by atoms with van der Waals surface area (Å²) in [4.78, 5) is 24.0. The number of para-hydroxylation sites is 1. The van der Waals surface area contributed by atoms with Crippen molar-refractivity contribution in [3.8, 4) is 5.75 Å². The van der Waals surface area contributed by atoms with Gasteiger partial charge in [-0.05, 0) is 30.9 Å². The third kappa shape index (κ3) is 3.22. The molecular formula is C16H20O3. The Morgan fingerprint density at radius 1 is 1.32 bits per heavy atom. The van der Waals surface area contributed by atoms with E-state index in [4.69, 9.17) is 4.74 Å². The maximum Gasteiger partial charge on any atom is 0.166 e. The molecule has 2 rings (SSSR count). The molecule has 0 spiro atoms. The van der Waals surface area contributed by atoms with Crippen LogP contribution in [0.15, 0.2) is 24.3 Å². The summed E-state index contributed by atoms with van der Waals surface area (Å²) < 4.78 is 5.21. The molecule has 0 radical (unpaired) electrons. The van der Waals surface area contributed by atoms with Crippen LogP contribution in [0.5, 0.6) is 5.75 Å². The second kappa shape index (κ2) is 6.00. The Balaban J connectivity index is 2.03. The summed E-state index contributed by atoms with van der Waals surface area (Å²) in [6.45, 7) is 1.97. The second-order valence-corrected chi connectivity index (χ2v) is 5.34. The van der Waals surface area contributed by atoms with E-state index in [0.717, 1.165) is 12.8 Å². The summed E-state index contributed by atoms with van der Waals surface area (Å²) in [5, 5.41) is 0. The van der Waals surface area contributed by atoms with E-state index in [2.05, 4.69) is 0 Å². The molecular weight excluding hydrogens is 240 g/mol. The number of rotatable bonds is 4. The summed E-state index contributed by atoms with van der Waals surface area (Å²) in [5.41, 5.74) is 0.621. The monoisotopic (exact) mass is 260 g/mol. The van der Waals surface area contributed by atoms with Crippen LogP contribution in [0, 0.1) is 11.8 Å². The molecule has 1 fully saturated rings. The van der Waals surface area contributed by atoms with Crippen molar-refractivity contribution in [2.75, 3.05) is 7.11 Å². The lowest BCUT2D eigenvalue weighted by atomic mass is 9.79. The van der Waals surface area contributed by atoms with Gasteiger partial charge in [-0.15, -0.1) is 0 Å². The SMILES string of the molecule is COc1ccccc1C(=O)CC1CCC(C)C(=O)C1. The third-order valence-corrected chi connectivity index (χ3v) is 3.93. The highest BCUT2D eigenvalue weighted by atomic mass is 16.5. The van der Waals surface area contributed by atoms with Gasteiger partial charge >= 0.3 is 0 Å². The van der Waals surface area contributed by atoms with Gasteiger partial charge in [0.25, 0.3) is 0 Å². The molecule has 2 atom stereocenters. The van der Waals surface area contributed by atoms with Gasteiger partial charge in [0.05, 0.1) is 12.7 Å². The zero-order chi connectivity index (χ0) is 13.8. The van der Waals surface area contributed by atoms with Crippen LogP contribution in [0.2, 0.25) is 0 Å². The number of benzene rings is 1. The molecule has 1 aliphatic carbocycles. The van der Waals surface area contributed by atoms with Crippen molar-refractivity contribution in [3.63, 3.8) is 0 Å². The van der Waals surface area contributed by atoms with Gasteiger partial charge in [-0.25, -0.2) is 0 Å². The number of carbonyl (C=O) groups is 2. The molecule has 2 unspecified atom stereocenters.